The molecular formula is C16H18INO. The molecular weight excluding hydrogens is 349 g/mol. The number of aryl methyl sites for hydroxylation is 1. The lowest BCUT2D eigenvalue weighted by molar-refractivity contribution is 0.408. The van der Waals surface area contributed by atoms with Gasteiger partial charge in [0.1, 0.15) is 5.75 Å². The van der Waals surface area contributed by atoms with Crippen LogP contribution in [0.15, 0.2) is 42.5 Å². The van der Waals surface area contributed by atoms with Gasteiger partial charge in [0.15, 0.2) is 0 Å². The molecule has 1 atom stereocenters. The molecule has 0 saturated heterocycles. The highest BCUT2D eigenvalue weighted by Crippen LogP contribution is 2.25. The molecule has 0 aliphatic heterocycles. The van der Waals surface area contributed by atoms with E-state index in [1.165, 1.54) is 9.13 Å². The van der Waals surface area contributed by atoms with Crippen LogP contribution in [-0.4, -0.2) is 7.11 Å². The fraction of sp³-hybridized carbons (Fsp3) is 0.250. The van der Waals surface area contributed by atoms with E-state index in [0.29, 0.717) is 0 Å². The van der Waals surface area contributed by atoms with Gasteiger partial charge in [-0.2, -0.15) is 0 Å². The molecule has 2 rings (SSSR count). The molecule has 0 heterocycles. The van der Waals surface area contributed by atoms with Crippen LogP contribution in [0, 0.1) is 10.5 Å². The number of hydrogen-bond acceptors (Lipinski definition) is 2. The topological polar surface area (TPSA) is 35.2 Å². The Hall–Kier alpha value is -1.07. The maximum atomic E-state index is 6.29. The largest absolute Gasteiger partial charge is 0.496 e. The van der Waals surface area contributed by atoms with Gasteiger partial charge in [0.2, 0.25) is 0 Å². The van der Waals surface area contributed by atoms with E-state index in [1.807, 2.05) is 6.07 Å². The molecule has 2 nitrogen and oxygen atoms in total. The Morgan fingerprint density at radius 2 is 1.84 bits per heavy atom. The molecule has 3 heteroatoms. The first kappa shape index (κ1) is 14.3. The third-order valence-corrected chi connectivity index (χ3v) is 3.89. The van der Waals surface area contributed by atoms with Gasteiger partial charge in [-0.15, -0.1) is 0 Å². The van der Waals surface area contributed by atoms with E-state index >= 15 is 0 Å². The van der Waals surface area contributed by atoms with E-state index in [1.54, 1.807) is 7.11 Å². The van der Waals surface area contributed by atoms with Crippen LogP contribution in [0.25, 0.3) is 0 Å². The minimum Gasteiger partial charge on any atom is -0.496 e. The normalized spacial score (nSPS) is 12.2. The summed E-state index contributed by atoms with van der Waals surface area (Å²) in [5.41, 5.74) is 9.84. The highest BCUT2D eigenvalue weighted by Gasteiger charge is 2.11. The fourth-order valence-corrected chi connectivity index (χ4v) is 2.49. The summed E-state index contributed by atoms with van der Waals surface area (Å²) in [6, 6.07) is 14.6. The predicted octanol–water partition coefficient (Wildman–Crippen LogP) is 3.85. The van der Waals surface area contributed by atoms with E-state index in [-0.39, 0.29) is 6.04 Å². The molecule has 0 saturated carbocycles. The number of benzene rings is 2. The third kappa shape index (κ3) is 3.70. The molecule has 0 aliphatic rings. The van der Waals surface area contributed by atoms with E-state index in [9.17, 15) is 0 Å². The Morgan fingerprint density at radius 3 is 2.47 bits per heavy atom. The molecule has 2 N–H and O–H groups in total. The van der Waals surface area contributed by atoms with Crippen molar-refractivity contribution in [3.05, 3.63) is 62.7 Å². The van der Waals surface area contributed by atoms with Crippen molar-refractivity contribution < 1.29 is 4.74 Å². The van der Waals surface area contributed by atoms with Crippen molar-refractivity contribution in [2.24, 2.45) is 5.73 Å². The average Bonchev–Trinajstić information content (AvgIpc) is 2.39. The third-order valence-electron chi connectivity index (χ3n) is 3.17. The highest BCUT2D eigenvalue weighted by atomic mass is 127. The fourth-order valence-electron chi connectivity index (χ4n) is 2.13. The molecule has 0 bridgehead atoms. The van der Waals surface area contributed by atoms with E-state index in [4.69, 9.17) is 10.5 Å². The summed E-state index contributed by atoms with van der Waals surface area (Å²) in [6.45, 7) is 2.08. The van der Waals surface area contributed by atoms with Crippen molar-refractivity contribution in [1.29, 1.82) is 0 Å². The zero-order chi connectivity index (χ0) is 13.8. The first-order chi connectivity index (χ1) is 9.10. The van der Waals surface area contributed by atoms with E-state index in [0.717, 1.165) is 23.3 Å². The molecule has 0 radical (unpaired) electrons. The Morgan fingerprint density at radius 1 is 1.16 bits per heavy atom. The Bertz CT molecular complexity index is 551. The maximum Gasteiger partial charge on any atom is 0.122 e. The van der Waals surface area contributed by atoms with Crippen LogP contribution >= 0.6 is 22.6 Å². The monoisotopic (exact) mass is 367 g/mol. The molecule has 0 aliphatic carbocycles. The first-order valence-corrected chi connectivity index (χ1v) is 7.32. The van der Waals surface area contributed by atoms with Gasteiger partial charge in [-0.3, -0.25) is 0 Å². The Balaban J connectivity index is 2.20. The number of ether oxygens (including phenoxy) is 1. The highest BCUT2D eigenvalue weighted by molar-refractivity contribution is 14.1. The minimum atomic E-state index is -0.00676. The summed E-state index contributed by atoms with van der Waals surface area (Å²) < 4.78 is 6.62. The van der Waals surface area contributed by atoms with Crippen molar-refractivity contribution in [3.8, 4) is 5.75 Å². The van der Waals surface area contributed by atoms with Crippen LogP contribution in [-0.2, 0) is 6.42 Å². The van der Waals surface area contributed by atoms with Gasteiger partial charge in [-0.05, 0) is 65.3 Å². The summed E-state index contributed by atoms with van der Waals surface area (Å²) in [7, 11) is 1.70. The van der Waals surface area contributed by atoms with Crippen LogP contribution < -0.4 is 10.5 Å². The van der Waals surface area contributed by atoms with Crippen molar-refractivity contribution in [1.82, 2.24) is 0 Å². The first-order valence-electron chi connectivity index (χ1n) is 6.24. The van der Waals surface area contributed by atoms with Crippen molar-refractivity contribution in [2.45, 2.75) is 19.4 Å². The average molecular weight is 367 g/mol. The number of hydrogen-bond donors (Lipinski definition) is 1. The summed E-state index contributed by atoms with van der Waals surface area (Å²) >= 11 is 2.30. The van der Waals surface area contributed by atoms with Crippen LogP contribution in [0.4, 0.5) is 0 Å². The maximum absolute atomic E-state index is 6.29. The second-order valence-corrected chi connectivity index (χ2v) is 5.92. The van der Waals surface area contributed by atoms with Crippen LogP contribution in [0.2, 0.25) is 0 Å². The molecule has 0 fully saturated rings. The number of methoxy groups -OCH3 is 1. The molecule has 2 aromatic rings. The second kappa shape index (κ2) is 6.39. The zero-order valence-electron chi connectivity index (χ0n) is 11.2. The van der Waals surface area contributed by atoms with Crippen LogP contribution in [0.3, 0.4) is 0 Å². The van der Waals surface area contributed by atoms with Crippen molar-refractivity contribution >= 4 is 22.6 Å². The van der Waals surface area contributed by atoms with Gasteiger partial charge >= 0.3 is 0 Å². The molecule has 100 valence electrons. The lowest BCUT2D eigenvalue weighted by atomic mass is 9.98. The summed E-state index contributed by atoms with van der Waals surface area (Å²) in [6.07, 6.45) is 0.783. The minimum absolute atomic E-state index is 0.00676. The van der Waals surface area contributed by atoms with Crippen LogP contribution in [0.1, 0.15) is 22.7 Å². The molecule has 1 unspecified atom stereocenters. The quantitative estimate of drug-likeness (QED) is 0.834. The van der Waals surface area contributed by atoms with Gasteiger partial charge in [-0.1, -0.05) is 29.8 Å². The number of nitrogens with two attached hydrogens (primary N) is 1. The summed E-state index contributed by atoms with van der Waals surface area (Å²) in [5.74, 6) is 0.909. The van der Waals surface area contributed by atoms with E-state index in [2.05, 4.69) is 65.9 Å². The van der Waals surface area contributed by atoms with Crippen LogP contribution in [0.5, 0.6) is 5.75 Å². The SMILES string of the molecule is COc1ccc(C)cc1CC(N)c1ccc(I)cc1. The predicted molar refractivity (Wildman–Crippen MR) is 87.5 cm³/mol. The standard InChI is InChI=1S/C16H18INO/c1-11-3-8-16(19-2)13(9-11)10-15(18)12-4-6-14(17)7-5-12/h3-9,15H,10,18H2,1-2H3. The van der Waals surface area contributed by atoms with Crippen molar-refractivity contribution in [2.75, 3.05) is 7.11 Å². The zero-order valence-corrected chi connectivity index (χ0v) is 13.3. The molecule has 2 aromatic carbocycles. The number of rotatable bonds is 4. The number of halogens is 1. The van der Waals surface area contributed by atoms with Gasteiger partial charge in [0.25, 0.3) is 0 Å². The molecule has 0 amide bonds. The van der Waals surface area contributed by atoms with E-state index < -0.39 is 0 Å². The summed E-state index contributed by atoms with van der Waals surface area (Å²) in [4.78, 5) is 0. The van der Waals surface area contributed by atoms with Gasteiger partial charge in [0, 0.05) is 9.61 Å². The van der Waals surface area contributed by atoms with Gasteiger partial charge in [0.05, 0.1) is 7.11 Å². The lowest BCUT2D eigenvalue weighted by Gasteiger charge is -2.15. The van der Waals surface area contributed by atoms with Gasteiger partial charge in [-0.25, -0.2) is 0 Å². The molecule has 0 spiro atoms. The molecule has 19 heavy (non-hydrogen) atoms. The lowest BCUT2D eigenvalue weighted by Crippen LogP contribution is -2.14. The Labute approximate surface area is 128 Å². The van der Waals surface area contributed by atoms with Crippen molar-refractivity contribution in [3.63, 3.8) is 0 Å². The smallest absolute Gasteiger partial charge is 0.122 e. The Kier molecular flexibility index (Phi) is 4.82. The van der Waals surface area contributed by atoms with Gasteiger partial charge < -0.3 is 10.5 Å². The molecule has 0 aromatic heterocycles. The summed E-state index contributed by atoms with van der Waals surface area (Å²) in [5, 5.41) is 0. The second-order valence-electron chi connectivity index (χ2n) is 4.68.